The van der Waals surface area contributed by atoms with Crippen LogP contribution in [-0.2, 0) is 0 Å². The number of nitro groups is 1. The lowest BCUT2D eigenvalue weighted by Crippen LogP contribution is -2.34. The first-order chi connectivity index (χ1) is 14.5. The number of hydrogen-bond donors (Lipinski definition) is 1. The number of amides is 1. The van der Waals surface area contributed by atoms with Crippen molar-refractivity contribution in [3.8, 4) is 5.82 Å². The van der Waals surface area contributed by atoms with Crippen molar-refractivity contribution in [1.29, 1.82) is 0 Å². The Hall–Kier alpha value is -3.82. The quantitative estimate of drug-likeness (QED) is 0.510. The molecule has 1 aliphatic rings. The normalized spacial score (nSPS) is 14.5. The average molecular weight is 407 g/mol. The van der Waals surface area contributed by atoms with Gasteiger partial charge < -0.3 is 10.2 Å². The maximum atomic E-state index is 13.0. The number of piperidine rings is 1. The first kappa shape index (κ1) is 19.5. The Morgan fingerprint density at radius 1 is 1.23 bits per heavy atom. The molecule has 30 heavy (non-hydrogen) atoms. The van der Waals surface area contributed by atoms with Crippen LogP contribution in [-0.4, -0.2) is 43.7 Å². The van der Waals surface area contributed by atoms with E-state index in [4.69, 9.17) is 0 Å². The molecular weight excluding hydrogens is 386 g/mol. The Labute approximate surface area is 172 Å². The van der Waals surface area contributed by atoms with Gasteiger partial charge in [0.25, 0.3) is 11.6 Å². The van der Waals surface area contributed by atoms with Gasteiger partial charge in [0.2, 0.25) is 0 Å². The fourth-order valence-electron chi connectivity index (χ4n) is 3.47. The van der Waals surface area contributed by atoms with E-state index in [0.29, 0.717) is 23.1 Å². The number of pyridine rings is 1. The minimum absolute atomic E-state index is 0.117. The number of nitrogens with one attached hydrogen (secondary N) is 1. The Bertz CT molecular complexity index is 1040. The molecule has 1 fully saturated rings. The van der Waals surface area contributed by atoms with E-state index >= 15 is 0 Å². The molecule has 0 atom stereocenters. The van der Waals surface area contributed by atoms with Crippen molar-refractivity contribution in [2.45, 2.75) is 19.8 Å². The molecule has 1 amide bonds. The molecule has 0 bridgehead atoms. The zero-order valence-corrected chi connectivity index (χ0v) is 16.4. The van der Waals surface area contributed by atoms with Gasteiger partial charge in [0, 0.05) is 25.2 Å². The fourth-order valence-corrected chi connectivity index (χ4v) is 3.47. The lowest BCUT2D eigenvalue weighted by Gasteiger charge is -2.33. The number of carbonyl (C=O) groups is 1. The third-order valence-electron chi connectivity index (χ3n) is 5.22. The largest absolute Gasteiger partial charge is 0.371 e. The summed E-state index contributed by atoms with van der Waals surface area (Å²) in [7, 11) is 0. The molecule has 1 saturated heterocycles. The number of benzene rings is 1. The molecule has 0 aliphatic carbocycles. The van der Waals surface area contributed by atoms with Gasteiger partial charge in [-0.15, -0.1) is 0 Å². The van der Waals surface area contributed by atoms with Gasteiger partial charge in [0.15, 0.2) is 5.82 Å². The van der Waals surface area contributed by atoms with Crippen molar-refractivity contribution >= 4 is 23.0 Å². The summed E-state index contributed by atoms with van der Waals surface area (Å²) in [6, 6.07) is 7.83. The number of nitro benzene ring substituents is 1. The molecule has 3 heterocycles. The van der Waals surface area contributed by atoms with Crippen LogP contribution in [0.3, 0.4) is 0 Å². The molecule has 10 nitrogen and oxygen atoms in total. The number of aromatic nitrogens is 4. The van der Waals surface area contributed by atoms with Gasteiger partial charge in [0.05, 0.1) is 28.1 Å². The molecule has 1 aromatic carbocycles. The topological polar surface area (TPSA) is 119 Å². The third-order valence-corrected chi connectivity index (χ3v) is 5.22. The molecular formula is C20H21N7O3. The van der Waals surface area contributed by atoms with Gasteiger partial charge in [-0.05, 0) is 37.0 Å². The predicted molar refractivity (Wildman–Crippen MR) is 111 cm³/mol. The summed E-state index contributed by atoms with van der Waals surface area (Å²) < 4.78 is 1.50. The number of non-ortho nitro benzene ring substituents is 1. The lowest BCUT2D eigenvalue weighted by atomic mass is 9.98. The first-order valence-electron chi connectivity index (χ1n) is 9.67. The SMILES string of the molecule is CC1CCN(c2ccc([N+](=O)[O-])cc2C(=O)Nc2ccc(-n3cncn3)nc2)CC1. The van der Waals surface area contributed by atoms with Crippen LogP contribution in [0.2, 0.25) is 0 Å². The number of nitrogens with zero attached hydrogens (tertiary/aromatic N) is 6. The molecule has 0 saturated carbocycles. The Balaban J connectivity index is 1.58. The lowest BCUT2D eigenvalue weighted by molar-refractivity contribution is -0.384. The zero-order chi connectivity index (χ0) is 21.1. The summed E-state index contributed by atoms with van der Waals surface area (Å²) in [5.74, 6) is 0.776. The molecule has 0 radical (unpaired) electrons. The van der Waals surface area contributed by atoms with Crippen molar-refractivity contribution in [2.24, 2.45) is 5.92 Å². The fraction of sp³-hybridized carbons (Fsp3) is 0.300. The Morgan fingerprint density at radius 3 is 2.67 bits per heavy atom. The van der Waals surface area contributed by atoms with Crippen LogP contribution in [0.4, 0.5) is 17.1 Å². The van der Waals surface area contributed by atoms with Crippen LogP contribution >= 0.6 is 0 Å². The smallest absolute Gasteiger partial charge is 0.270 e. The van der Waals surface area contributed by atoms with Gasteiger partial charge in [-0.25, -0.2) is 14.6 Å². The van der Waals surface area contributed by atoms with E-state index in [1.807, 2.05) is 0 Å². The standard InChI is InChI=1S/C20H21N7O3/c1-14-6-8-25(9-7-14)18-4-3-16(27(29)30)10-17(18)20(28)24-15-2-5-19(22-11-15)26-13-21-12-23-26/h2-5,10-14H,6-9H2,1H3,(H,24,28). The van der Waals surface area contributed by atoms with Gasteiger partial charge in [-0.2, -0.15) is 5.10 Å². The first-order valence-corrected chi connectivity index (χ1v) is 9.67. The molecule has 2 aromatic heterocycles. The van der Waals surface area contributed by atoms with Gasteiger partial charge in [-0.3, -0.25) is 14.9 Å². The number of hydrogen-bond acceptors (Lipinski definition) is 7. The number of carbonyl (C=O) groups excluding carboxylic acids is 1. The summed E-state index contributed by atoms with van der Waals surface area (Å²) in [6.07, 6.45) is 6.48. The third kappa shape index (κ3) is 4.12. The Kier molecular flexibility index (Phi) is 5.38. The number of rotatable bonds is 5. The summed E-state index contributed by atoms with van der Waals surface area (Å²) in [5.41, 5.74) is 1.35. The number of anilines is 2. The molecule has 1 N–H and O–H groups in total. The van der Waals surface area contributed by atoms with E-state index in [1.54, 1.807) is 18.2 Å². The molecule has 0 spiro atoms. The maximum absolute atomic E-state index is 13.0. The monoisotopic (exact) mass is 407 g/mol. The summed E-state index contributed by atoms with van der Waals surface area (Å²) in [4.78, 5) is 34.0. The van der Waals surface area contributed by atoms with Crippen LogP contribution in [0, 0.1) is 16.0 Å². The van der Waals surface area contributed by atoms with Crippen LogP contribution in [0.5, 0.6) is 0 Å². The highest BCUT2D eigenvalue weighted by molar-refractivity contribution is 6.08. The van der Waals surface area contributed by atoms with Gasteiger partial charge >= 0.3 is 0 Å². The van der Waals surface area contributed by atoms with Crippen molar-refractivity contribution < 1.29 is 9.72 Å². The van der Waals surface area contributed by atoms with E-state index in [2.05, 4.69) is 32.2 Å². The van der Waals surface area contributed by atoms with Crippen LogP contribution < -0.4 is 10.2 Å². The zero-order valence-electron chi connectivity index (χ0n) is 16.4. The van der Waals surface area contributed by atoms with Crippen molar-refractivity contribution in [2.75, 3.05) is 23.3 Å². The molecule has 3 aromatic rings. The van der Waals surface area contributed by atoms with Gasteiger partial charge in [0.1, 0.15) is 12.7 Å². The molecule has 0 unspecified atom stereocenters. The van der Waals surface area contributed by atoms with Crippen LogP contribution in [0.15, 0.2) is 49.2 Å². The predicted octanol–water partition coefficient (Wildman–Crippen LogP) is 3.06. The van der Waals surface area contributed by atoms with E-state index in [1.165, 1.54) is 35.7 Å². The minimum atomic E-state index is -0.493. The maximum Gasteiger partial charge on any atom is 0.270 e. The molecule has 4 rings (SSSR count). The van der Waals surface area contributed by atoms with E-state index in [0.717, 1.165) is 25.9 Å². The minimum Gasteiger partial charge on any atom is -0.371 e. The molecule has 10 heteroatoms. The van der Waals surface area contributed by atoms with Crippen LogP contribution in [0.25, 0.3) is 5.82 Å². The van der Waals surface area contributed by atoms with Gasteiger partial charge in [-0.1, -0.05) is 6.92 Å². The van der Waals surface area contributed by atoms with E-state index in [9.17, 15) is 14.9 Å². The highest BCUT2D eigenvalue weighted by atomic mass is 16.6. The van der Waals surface area contributed by atoms with E-state index < -0.39 is 10.8 Å². The summed E-state index contributed by atoms with van der Waals surface area (Å²) in [5, 5.41) is 18.0. The van der Waals surface area contributed by atoms with E-state index in [-0.39, 0.29) is 11.3 Å². The average Bonchev–Trinajstić information content (AvgIpc) is 3.29. The van der Waals surface area contributed by atoms with Crippen LogP contribution in [0.1, 0.15) is 30.1 Å². The summed E-state index contributed by atoms with van der Waals surface area (Å²) in [6.45, 7) is 3.83. The second-order valence-electron chi connectivity index (χ2n) is 7.33. The highest BCUT2D eigenvalue weighted by Gasteiger charge is 2.23. The van der Waals surface area contributed by atoms with Crippen molar-refractivity contribution in [1.82, 2.24) is 19.7 Å². The van der Waals surface area contributed by atoms with Crippen molar-refractivity contribution in [3.05, 3.63) is 64.9 Å². The second kappa shape index (κ2) is 8.27. The summed E-state index contributed by atoms with van der Waals surface area (Å²) >= 11 is 0. The molecule has 1 aliphatic heterocycles. The van der Waals surface area contributed by atoms with Crippen molar-refractivity contribution in [3.63, 3.8) is 0 Å². The second-order valence-corrected chi connectivity index (χ2v) is 7.33. The Morgan fingerprint density at radius 2 is 2.03 bits per heavy atom. The highest BCUT2D eigenvalue weighted by Crippen LogP contribution is 2.30. The molecule has 154 valence electrons.